The Bertz CT molecular complexity index is 1790. The van der Waals surface area contributed by atoms with Crippen LogP contribution < -0.4 is 20.9 Å². The Morgan fingerprint density at radius 2 is 1.86 bits per heavy atom. The SMILES string of the molecule is C[C@@H](NC(=O)c1cnn2ccc(-c3c[nH]c4ncc(NC(=O)c5ccnc(N6CCNCC6)c5)cc34)cc12)C(F)(F)F. The molecule has 1 atom stereocenters. The zero-order valence-corrected chi connectivity index (χ0v) is 22.4. The van der Waals surface area contributed by atoms with E-state index in [4.69, 9.17) is 0 Å². The molecule has 5 aromatic rings. The van der Waals surface area contributed by atoms with E-state index in [0.717, 1.165) is 44.5 Å². The Balaban J connectivity index is 1.26. The summed E-state index contributed by atoms with van der Waals surface area (Å²) in [4.78, 5) is 39.8. The Kier molecular flexibility index (Phi) is 6.98. The number of nitrogens with zero attached hydrogens (tertiary/aromatic N) is 5. The maximum atomic E-state index is 13.1. The topological polar surface area (TPSA) is 132 Å². The van der Waals surface area contributed by atoms with Crippen molar-refractivity contribution in [2.24, 2.45) is 0 Å². The molecule has 6 heterocycles. The molecule has 2 amide bonds. The van der Waals surface area contributed by atoms with Crippen molar-refractivity contribution in [2.45, 2.75) is 19.1 Å². The summed E-state index contributed by atoms with van der Waals surface area (Å²) in [6, 6.07) is 6.61. The van der Waals surface area contributed by atoms with E-state index in [-0.39, 0.29) is 11.5 Å². The van der Waals surface area contributed by atoms with Gasteiger partial charge in [0, 0.05) is 61.3 Å². The molecule has 0 spiro atoms. The quantitative estimate of drug-likeness (QED) is 0.242. The minimum Gasteiger partial charge on any atom is -0.354 e. The van der Waals surface area contributed by atoms with Crippen LogP contribution in [0.3, 0.4) is 0 Å². The number of carbonyl (C=O) groups is 2. The Morgan fingerprint density at radius 3 is 2.64 bits per heavy atom. The van der Waals surface area contributed by atoms with Gasteiger partial charge >= 0.3 is 6.18 Å². The number of aromatic amines is 1. The fraction of sp³-hybridized carbons (Fsp3) is 0.250. The standard InChI is InChI=1S/C28H26F3N9O2/c1-16(28(29,30)31)37-27(42)22-15-36-40-7-3-17(10-23(22)40)21-14-35-25-20(21)12-19(13-34-25)38-26(41)18-2-4-33-24(11-18)39-8-5-32-6-9-39/h2-4,7,10-16,32H,5-6,8-9H2,1H3,(H,34,35)(H,37,42)(H,38,41)/t16-/m1/s1. The van der Waals surface area contributed by atoms with Crippen molar-refractivity contribution in [3.8, 4) is 11.1 Å². The number of anilines is 2. The average Bonchev–Trinajstić information content (AvgIpc) is 3.61. The number of carbonyl (C=O) groups excluding carboxylic acids is 2. The van der Waals surface area contributed by atoms with Crippen molar-refractivity contribution >= 4 is 39.9 Å². The van der Waals surface area contributed by atoms with E-state index in [1.807, 2.05) is 5.32 Å². The molecular formula is C28H26F3N9O2. The first-order chi connectivity index (χ1) is 20.2. The van der Waals surface area contributed by atoms with Crippen LogP contribution in [0.4, 0.5) is 24.7 Å². The van der Waals surface area contributed by atoms with Gasteiger partial charge in [0.2, 0.25) is 0 Å². The number of hydrogen-bond acceptors (Lipinski definition) is 7. The third kappa shape index (κ3) is 5.35. The van der Waals surface area contributed by atoms with Gasteiger partial charge in [-0.3, -0.25) is 9.59 Å². The van der Waals surface area contributed by atoms with Crippen LogP contribution in [0.5, 0.6) is 0 Å². The van der Waals surface area contributed by atoms with Gasteiger partial charge in [0.25, 0.3) is 11.8 Å². The molecule has 42 heavy (non-hydrogen) atoms. The summed E-state index contributed by atoms with van der Waals surface area (Å²) >= 11 is 0. The molecule has 0 aromatic carbocycles. The summed E-state index contributed by atoms with van der Waals surface area (Å²) in [5, 5.41) is 13.0. The van der Waals surface area contributed by atoms with Crippen LogP contribution in [0, 0.1) is 0 Å². The van der Waals surface area contributed by atoms with E-state index in [1.165, 1.54) is 10.7 Å². The molecule has 5 aromatic heterocycles. The van der Waals surface area contributed by atoms with Gasteiger partial charge in [0.15, 0.2) is 0 Å². The monoisotopic (exact) mass is 577 g/mol. The highest BCUT2D eigenvalue weighted by molar-refractivity contribution is 6.06. The van der Waals surface area contributed by atoms with Crippen LogP contribution in [0.1, 0.15) is 27.6 Å². The molecule has 216 valence electrons. The van der Waals surface area contributed by atoms with Crippen molar-refractivity contribution in [3.05, 3.63) is 72.4 Å². The number of halogens is 3. The first-order valence-electron chi connectivity index (χ1n) is 13.2. The molecule has 14 heteroatoms. The van der Waals surface area contributed by atoms with Gasteiger partial charge in [0.05, 0.1) is 29.2 Å². The Labute approximate surface area is 237 Å². The number of pyridine rings is 3. The maximum absolute atomic E-state index is 13.1. The molecule has 0 radical (unpaired) electrons. The van der Waals surface area contributed by atoms with Crippen LogP contribution in [0.25, 0.3) is 27.7 Å². The van der Waals surface area contributed by atoms with Gasteiger partial charge in [-0.1, -0.05) is 0 Å². The predicted octanol–water partition coefficient (Wildman–Crippen LogP) is 3.62. The number of aromatic nitrogens is 5. The second-order valence-electron chi connectivity index (χ2n) is 9.96. The highest BCUT2D eigenvalue weighted by Gasteiger charge is 2.37. The van der Waals surface area contributed by atoms with E-state index >= 15 is 0 Å². The molecule has 0 unspecified atom stereocenters. The minimum absolute atomic E-state index is 0.0106. The molecule has 1 aliphatic heterocycles. The maximum Gasteiger partial charge on any atom is 0.408 e. The summed E-state index contributed by atoms with van der Waals surface area (Å²) in [5.41, 5.74) is 3.24. The Hall–Kier alpha value is -4.98. The van der Waals surface area contributed by atoms with E-state index in [1.54, 1.807) is 55.1 Å². The van der Waals surface area contributed by atoms with Crippen molar-refractivity contribution < 1.29 is 22.8 Å². The van der Waals surface area contributed by atoms with E-state index < -0.39 is 18.1 Å². The first-order valence-corrected chi connectivity index (χ1v) is 13.2. The fourth-order valence-corrected chi connectivity index (χ4v) is 4.82. The molecule has 0 bridgehead atoms. The number of piperazine rings is 1. The summed E-state index contributed by atoms with van der Waals surface area (Å²) in [6.45, 7) is 4.19. The zero-order valence-electron chi connectivity index (χ0n) is 22.4. The number of H-pyrrole nitrogens is 1. The van der Waals surface area contributed by atoms with Gasteiger partial charge in [-0.2, -0.15) is 18.3 Å². The lowest BCUT2D eigenvalue weighted by Crippen LogP contribution is -2.43. The zero-order chi connectivity index (χ0) is 29.4. The first kappa shape index (κ1) is 27.2. The number of fused-ring (bicyclic) bond motifs is 2. The highest BCUT2D eigenvalue weighted by atomic mass is 19.4. The number of hydrogen-bond donors (Lipinski definition) is 4. The predicted molar refractivity (Wildman–Crippen MR) is 151 cm³/mol. The third-order valence-corrected chi connectivity index (χ3v) is 7.15. The molecular weight excluding hydrogens is 551 g/mol. The lowest BCUT2D eigenvalue weighted by molar-refractivity contribution is -0.149. The molecule has 1 saturated heterocycles. The van der Waals surface area contributed by atoms with E-state index in [0.29, 0.717) is 33.4 Å². The van der Waals surface area contributed by atoms with Gasteiger partial charge < -0.3 is 25.8 Å². The van der Waals surface area contributed by atoms with Crippen LogP contribution in [0.15, 0.2) is 61.3 Å². The third-order valence-electron chi connectivity index (χ3n) is 7.15. The Morgan fingerprint density at radius 1 is 1.05 bits per heavy atom. The van der Waals surface area contributed by atoms with Crippen molar-refractivity contribution in [3.63, 3.8) is 0 Å². The lowest BCUT2D eigenvalue weighted by Gasteiger charge is -2.28. The molecule has 0 aliphatic carbocycles. The smallest absolute Gasteiger partial charge is 0.354 e. The number of alkyl halides is 3. The van der Waals surface area contributed by atoms with Gasteiger partial charge in [-0.05, 0) is 42.8 Å². The summed E-state index contributed by atoms with van der Waals surface area (Å²) in [5.74, 6) is -0.452. The molecule has 11 nitrogen and oxygen atoms in total. The average molecular weight is 578 g/mol. The fourth-order valence-electron chi connectivity index (χ4n) is 4.82. The van der Waals surface area contributed by atoms with Crippen LogP contribution in [-0.4, -0.2) is 74.8 Å². The normalized spacial score (nSPS) is 14.7. The molecule has 1 aliphatic rings. The number of amides is 2. The summed E-state index contributed by atoms with van der Waals surface area (Å²) < 4.78 is 40.4. The van der Waals surface area contributed by atoms with Crippen LogP contribution in [-0.2, 0) is 0 Å². The van der Waals surface area contributed by atoms with Crippen molar-refractivity contribution in [2.75, 3.05) is 36.4 Å². The van der Waals surface area contributed by atoms with E-state index in [2.05, 4.69) is 35.6 Å². The van der Waals surface area contributed by atoms with Gasteiger partial charge in [-0.15, -0.1) is 0 Å². The van der Waals surface area contributed by atoms with Crippen LogP contribution in [0.2, 0.25) is 0 Å². The lowest BCUT2D eigenvalue weighted by atomic mass is 10.1. The molecule has 6 rings (SSSR count). The number of rotatable bonds is 6. The number of nitrogens with one attached hydrogen (secondary N) is 4. The highest BCUT2D eigenvalue weighted by Crippen LogP contribution is 2.31. The van der Waals surface area contributed by atoms with Crippen molar-refractivity contribution in [1.29, 1.82) is 0 Å². The van der Waals surface area contributed by atoms with Crippen LogP contribution >= 0.6 is 0 Å². The summed E-state index contributed by atoms with van der Waals surface area (Å²) in [6.07, 6.45) is 3.17. The second-order valence-corrected chi connectivity index (χ2v) is 9.96. The van der Waals surface area contributed by atoms with Gasteiger partial charge in [0.1, 0.15) is 17.5 Å². The van der Waals surface area contributed by atoms with Crippen molar-refractivity contribution in [1.82, 2.24) is 35.2 Å². The molecule has 0 saturated carbocycles. The summed E-state index contributed by atoms with van der Waals surface area (Å²) in [7, 11) is 0. The minimum atomic E-state index is -4.57. The van der Waals surface area contributed by atoms with Gasteiger partial charge in [-0.25, -0.2) is 14.5 Å². The largest absolute Gasteiger partial charge is 0.408 e. The van der Waals surface area contributed by atoms with E-state index in [9.17, 15) is 22.8 Å². The second kappa shape index (κ2) is 10.8. The molecule has 4 N–H and O–H groups in total. The molecule has 1 fully saturated rings.